The zero-order valence-corrected chi connectivity index (χ0v) is 23.6. The Morgan fingerprint density at radius 2 is 1.62 bits per heavy atom. The molecule has 39 heavy (non-hydrogen) atoms. The highest BCUT2D eigenvalue weighted by molar-refractivity contribution is 8.12. The number of carbonyl (C=O) groups is 2. The highest BCUT2D eigenvalue weighted by Crippen LogP contribution is 2.55. The monoisotopic (exact) mass is 639 g/mol. The van der Waals surface area contributed by atoms with E-state index in [0.717, 1.165) is 12.1 Å². The molecule has 0 aromatic heterocycles. The van der Waals surface area contributed by atoms with Crippen molar-refractivity contribution in [1.82, 2.24) is 5.32 Å². The Kier molecular flexibility index (Phi) is 10.1. The molecule has 2 unspecified atom stereocenters. The molecule has 0 saturated heterocycles. The summed E-state index contributed by atoms with van der Waals surface area (Å²) in [7, 11) is 0. The number of carbonyl (C=O) groups excluding carboxylic acids is 1. The molecule has 2 atom stereocenters. The molecule has 5 nitrogen and oxygen atoms in total. The van der Waals surface area contributed by atoms with Crippen molar-refractivity contribution in [3.8, 4) is 5.75 Å². The number of carboxylic acids is 1. The number of hydrogen-bond acceptors (Lipinski definition) is 8. The number of hydrogen-bond donors (Lipinski definition) is 2. The van der Waals surface area contributed by atoms with Gasteiger partial charge >= 0.3 is 5.97 Å². The van der Waals surface area contributed by atoms with Crippen LogP contribution in [0.15, 0.2) is 63.2 Å². The average molecular weight is 640 g/mol. The fraction of sp³-hybridized carbons (Fsp3) is 0.250. The predicted octanol–water partition coefficient (Wildman–Crippen LogP) is 9.18. The van der Waals surface area contributed by atoms with Crippen molar-refractivity contribution in [1.29, 1.82) is 0 Å². The standard InChI is InChI=1S/C24H18F5NO4S5/c25-35-18-11-10-16(20(36-26)21(18)37-27)24(38-28,39-29)34-19-13-5-2-1-4-12(13)8-9-15(19)22(31)30-17-7-3-6-14(17)23(32)33/h1-2,4-5,8-11,14,17H,3,6-7H2,(H,30,31)(H,32,33). The summed E-state index contributed by atoms with van der Waals surface area (Å²) in [5, 5.41) is 13.0. The SMILES string of the molecule is O=C(NC1CCCC1C(=O)O)c1ccc2ccccc2c1OC(SF)(SF)c1ccc(SF)c(SF)c1SF. The number of carboxylic acid groups (broad SMARTS) is 1. The molecule has 1 saturated carbocycles. The van der Waals surface area contributed by atoms with Crippen LogP contribution in [0.5, 0.6) is 5.75 Å². The minimum Gasteiger partial charge on any atom is -0.481 e. The van der Waals surface area contributed by atoms with Crippen LogP contribution in [0, 0.1) is 5.92 Å². The first-order chi connectivity index (χ1) is 18.8. The van der Waals surface area contributed by atoms with Gasteiger partial charge in [0.1, 0.15) is 30.0 Å². The zero-order valence-electron chi connectivity index (χ0n) is 19.5. The van der Waals surface area contributed by atoms with Gasteiger partial charge in [-0.1, -0.05) is 42.8 Å². The van der Waals surface area contributed by atoms with Crippen molar-refractivity contribution < 1.29 is 38.9 Å². The number of nitrogens with one attached hydrogen (secondary N) is 1. The third kappa shape index (κ3) is 5.92. The van der Waals surface area contributed by atoms with Gasteiger partial charge in [-0.25, -0.2) is 0 Å². The second kappa shape index (κ2) is 13.1. The van der Waals surface area contributed by atoms with E-state index in [1.165, 1.54) is 6.07 Å². The van der Waals surface area contributed by atoms with Crippen molar-refractivity contribution in [3.63, 3.8) is 0 Å². The van der Waals surface area contributed by atoms with Crippen LogP contribution in [0.2, 0.25) is 0 Å². The molecule has 15 heteroatoms. The number of ether oxygens (including phenoxy) is 1. The molecule has 3 aromatic rings. The number of fused-ring (bicyclic) bond motifs is 1. The van der Waals surface area contributed by atoms with E-state index >= 15 is 0 Å². The average Bonchev–Trinajstić information content (AvgIpc) is 3.43. The quantitative estimate of drug-likeness (QED) is 0.158. The van der Waals surface area contributed by atoms with E-state index in [1.54, 1.807) is 30.3 Å². The molecule has 1 fully saturated rings. The molecule has 3 aromatic carbocycles. The summed E-state index contributed by atoms with van der Waals surface area (Å²) in [5.74, 6) is -2.85. The van der Waals surface area contributed by atoms with Gasteiger partial charge in [0.05, 0.1) is 62.6 Å². The molecule has 208 valence electrons. The van der Waals surface area contributed by atoms with Gasteiger partial charge in [-0.3, -0.25) is 9.59 Å². The third-order valence-corrected chi connectivity index (χ3v) is 9.67. The first-order valence-corrected chi connectivity index (χ1v) is 14.8. The minimum absolute atomic E-state index is 0.150. The van der Waals surface area contributed by atoms with Gasteiger partial charge in [0.15, 0.2) is 0 Å². The van der Waals surface area contributed by atoms with Crippen LogP contribution in [0.3, 0.4) is 0 Å². The zero-order chi connectivity index (χ0) is 28.2. The second-order valence-electron chi connectivity index (χ2n) is 8.43. The molecular weight excluding hydrogens is 622 g/mol. The normalized spacial score (nSPS) is 17.4. The van der Waals surface area contributed by atoms with E-state index in [4.69, 9.17) is 4.74 Å². The summed E-state index contributed by atoms with van der Waals surface area (Å²) >= 11 is -2.71. The lowest BCUT2D eigenvalue weighted by Gasteiger charge is -2.30. The van der Waals surface area contributed by atoms with Gasteiger partial charge in [0.2, 0.25) is 0 Å². The minimum atomic E-state index is -2.69. The van der Waals surface area contributed by atoms with Gasteiger partial charge in [-0.05, 0) is 30.4 Å². The molecule has 2 N–H and O–H groups in total. The van der Waals surface area contributed by atoms with Crippen molar-refractivity contribution in [2.45, 2.75) is 44.3 Å². The maximum atomic E-state index is 14.7. The number of rotatable bonds is 11. The van der Waals surface area contributed by atoms with Crippen LogP contribution >= 0.6 is 60.7 Å². The van der Waals surface area contributed by atoms with Gasteiger partial charge in [-0.2, -0.15) is 19.4 Å². The molecule has 1 aliphatic carbocycles. The summed E-state index contributed by atoms with van der Waals surface area (Å²) in [5.41, 5.74) is -0.628. The lowest BCUT2D eigenvalue weighted by Crippen LogP contribution is -2.40. The maximum Gasteiger partial charge on any atom is 0.308 e. The Bertz CT molecular complexity index is 1380. The van der Waals surface area contributed by atoms with E-state index in [9.17, 15) is 34.1 Å². The molecule has 0 bridgehead atoms. The Labute approximate surface area is 242 Å². The number of benzene rings is 3. The first kappa shape index (κ1) is 30.0. The number of aliphatic carboxylic acids is 1. The van der Waals surface area contributed by atoms with Crippen molar-refractivity contribution in [2.24, 2.45) is 5.92 Å². The number of amides is 1. The second-order valence-corrected chi connectivity index (χ2v) is 11.9. The highest BCUT2D eigenvalue weighted by atomic mass is 32.2. The van der Waals surface area contributed by atoms with Crippen LogP contribution in [0.4, 0.5) is 19.4 Å². The first-order valence-electron chi connectivity index (χ1n) is 11.2. The van der Waals surface area contributed by atoms with Crippen LogP contribution in [0.25, 0.3) is 10.8 Å². The topological polar surface area (TPSA) is 75.6 Å². The number of halogens is 5. The van der Waals surface area contributed by atoms with Crippen LogP contribution in [0.1, 0.15) is 35.2 Å². The molecule has 0 spiro atoms. The van der Waals surface area contributed by atoms with Crippen LogP contribution in [-0.2, 0) is 9.06 Å². The predicted molar refractivity (Wildman–Crippen MR) is 147 cm³/mol. The van der Waals surface area contributed by atoms with Crippen molar-refractivity contribution in [3.05, 3.63) is 59.7 Å². The van der Waals surface area contributed by atoms with E-state index in [2.05, 4.69) is 5.32 Å². The van der Waals surface area contributed by atoms with Crippen LogP contribution in [-0.4, -0.2) is 23.0 Å². The van der Waals surface area contributed by atoms with Gasteiger partial charge < -0.3 is 15.2 Å². The molecule has 1 amide bonds. The molecule has 4 rings (SSSR count). The smallest absolute Gasteiger partial charge is 0.308 e. The highest BCUT2D eigenvalue weighted by Gasteiger charge is 2.44. The summed E-state index contributed by atoms with van der Waals surface area (Å²) in [6.45, 7) is 0. The maximum absolute atomic E-state index is 14.7. The van der Waals surface area contributed by atoms with E-state index in [-0.39, 0.29) is 33.7 Å². The Hall–Kier alpha value is -1.94. The van der Waals surface area contributed by atoms with Gasteiger partial charge in [0.25, 0.3) is 10.2 Å². The Morgan fingerprint density at radius 1 is 0.897 bits per heavy atom. The third-order valence-electron chi connectivity index (χ3n) is 6.36. The Balaban J connectivity index is 1.85. The largest absolute Gasteiger partial charge is 0.481 e. The molecular formula is C24H18F5NO4S5. The molecule has 0 aliphatic heterocycles. The molecule has 0 radical (unpaired) electrons. The summed E-state index contributed by atoms with van der Waals surface area (Å²) in [6, 6.07) is 10.8. The lowest BCUT2D eigenvalue weighted by atomic mass is 10.0. The molecule has 1 aliphatic rings. The van der Waals surface area contributed by atoms with E-state index < -0.39 is 92.0 Å². The van der Waals surface area contributed by atoms with Gasteiger partial charge in [0, 0.05) is 17.0 Å². The van der Waals surface area contributed by atoms with E-state index in [1.807, 2.05) is 0 Å². The summed E-state index contributed by atoms with van der Waals surface area (Å²) < 4.78 is 73.6. The van der Waals surface area contributed by atoms with Crippen molar-refractivity contribution >= 4 is 83.4 Å². The lowest BCUT2D eigenvalue weighted by molar-refractivity contribution is -0.142. The Morgan fingerprint density at radius 3 is 2.26 bits per heavy atom. The fourth-order valence-electron chi connectivity index (χ4n) is 4.52. The van der Waals surface area contributed by atoms with Crippen molar-refractivity contribution in [2.75, 3.05) is 0 Å². The van der Waals surface area contributed by atoms with E-state index in [0.29, 0.717) is 24.6 Å². The van der Waals surface area contributed by atoms with Gasteiger partial charge in [-0.15, -0.1) is 0 Å². The summed E-state index contributed by atoms with van der Waals surface area (Å²) in [4.78, 5) is 23.6. The molecule has 0 heterocycles. The summed E-state index contributed by atoms with van der Waals surface area (Å²) in [6.07, 6.45) is 1.40. The van der Waals surface area contributed by atoms with Crippen LogP contribution < -0.4 is 10.1 Å². The fourth-order valence-corrected chi connectivity index (χ4v) is 7.01.